The van der Waals surface area contributed by atoms with Gasteiger partial charge in [0.1, 0.15) is 6.54 Å². The second-order valence-corrected chi connectivity index (χ2v) is 9.27. The number of thioether (sulfide) groups is 1. The highest BCUT2D eigenvalue weighted by Crippen LogP contribution is 2.36. The minimum atomic E-state index is -4.44. The van der Waals surface area contributed by atoms with Gasteiger partial charge in [0, 0.05) is 26.9 Å². The molecule has 3 aromatic carbocycles. The Balaban J connectivity index is 1.52. The van der Waals surface area contributed by atoms with Gasteiger partial charge in [-0.2, -0.15) is 13.2 Å². The molecule has 0 radical (unpaired) electrons. The zero-order valence-electron chi connectivity index (χ0n) is 17.0. The topological polar surface area (TPSA) is 50.7 Å². The minimum Gasteiger partial charge on any atom is -0.387 e. The third-order valence-corrected chi connectivity index (χ3v) is 6.48. The fraction of sp³-hybridized carbons (Fsp3) is 0.217. The van der Waals surface area contributed by atoms with Gasteiger partial charge in [0.25, 0.3) is 0 Å². The summed E-state index contributed by atoms with van der Waals surface area (Å²) in [5.74, 6) is -0.803. The Kier molecular flexibility index (Phi) is 7.07. The number of halogens is 5. The van der Waals surface area contributed by atoms with E-state index in [0.717, 1.165) is 32.5 Å². The Bertz CT molecular complexity index is 1210. The number of nitrogens with one attached hydrogen (secondary N) is 1. The molecule has 0 saturated heterocycles. The molecule has 1 aliphatic rings. The average Bonchev–Trinajstić information content (AvgIpc) is 3.25. The van der Waals surface area contributed by atoms with E-state index < -0.39 is 18.6 Å². The first-order valence-electron chi connectivity index (χ1n) is 9.86. The van der Waals surface area contributed by atoms with Crippen molar-refractivity contribution in [2.24, 2.45) is 5.16 Å². The number of nitrogens with zero attached hydrogens (tertiary/aromatic N) is 1. The van der Waals surface area contributed by atoms with Gasteiger partial charge in [0.2, 0.25) is 5.91 Å². The number of alkyl halides is 3. The van der Waals surface area contributed by atoms with Crippen LogP contribution < -0.4 is 5.32 Å². The maximum Gasteiger partial charge on any atom is 0.405 e. The molecule has 0 aromatic heterocycles. The molecule has 0 spiro atoms. The summed E-state index contributed by atoms with van der Waals surface area (Å²) in [6.07, 6.45) is -4.23. The van der Waals surface area contributed by atoms with Gasteiger partial charge < -0.3 is 10.2 Å². The average molecular weight is 513 g/mol. The predicted molar refractivity (Wildman–Crippen MR) is 125 cm³/mol. The molecular weight excluding hydrogens is 496 g/mol. The smallest absolute Gasteiger partial charge is 0.387 e. The van der Waals surface area contributed by atoms with E-state index in [1.807, 2.05) is 41.7 Å². The molecular formula is C23H17Cl2F3N2O2S. The van der Waals surface area contributed by atoms with Crippen molar-refractivity contribution in [1.82, 2.24) is 5.32 Å². The van der Waals surface area contributed by atoms with E-state index in [-0.39, 0.29) is 11.9 Å². The van der Waals surface area contributed by atoms with Crippen molar-refractivity contribution >= 4 is 57.4 Å². The molecule has 33 heavy (non-hydrogen) atoms. The molecule has 172 valence electrons. The van der Waals surface area contributed by atoms with Crippen LogP contribution in [-0.4, -0.2) is 30.1 Å². The highest BCUT2D eigenvalue weighted by molar-refractivity contribution is 8.00. The zero-order chi connectivity index (χ0) is 23.6. The van der Waals surface area contributed by atoms with Crippen LogP contribution in [-0.2, 0) is 9.63 Å². The molecule has 1 N–H and O–H groups in total. The molecule has 1 atom stereocenters. The fourth-order valence-electron chi connectivity index (χ4n) is 3.52. The van der Waals surface area contributed by atoms with Crippen molar-refractivity contribution in [3.8, 4) is 0 Å². The maximum absolute atomic E-state index is 12.3. The van der Waals surface area contributed by atoms with E-state index in [2.05, 4.69) is 5.16 Å². The zero-order valence-corrected chi connectivity index (χ0v) is 19.3. The number of oxime groups is 1. The van der Waals surface area contributed by atoms with Gasteiger partial charge in [-0.1, -0.05) is 58.7 Å². The maximum atomic E-state index is 12.3. The van der Waals surface area contributed by atoms with Crippen molar-refractivity contribution in [1.29, 1.82) is 0 Å². The first-order chi connectivity index (χ1) is 15.7. The van der Waals surface area contributed by atoms with E-state index in [4.69, 9.17) is 28.0 Å². The van der Waals surface area contributed by atoms with Crippen LogP contribution in [0.25, 0.3) is 10.8 Å². The Morgan fingerprint density at radius 3 is 2.48 bits per heavy atom. The number of hydrogen-bond acceptors (Lipinski definition) is 4. The number of carbonyl (C=O) groups is 1. The van der Waals surface area contributed by atoms with Gasteiger partial charge in [-0.05, 0) is 40.6 Å². The van der Waals surface area contributed by atoms with E-state index in [9.17, 15) is 18.0 Å². The lowest BCUT2D eigenvalue weighted by atomic mass is 9.96. The quantitative estimate of drug-likeness (QED) is 0.370. The molecule has 0 aliphatic carbocycles. The van der Waals surface area contributed by atoms with Gasteiger partial charge >= 0.3 is 6.18 Å². The lowest BCUT2D eigenvalue weighted by Gasteiger charge is -2.12. The molecule has 1 amide bonds. The molecule has 1 unspecified atom stereocenters. The summed E-state index contributed by atoms with van der Waals surface area (Å²) in [4.78, 5) is 18.2. The highest BCUT2D eigenvalue weighted by Gasteiger charge is 2.28. The molecule has 4 nitrogen and oxygen atoms in total. The summed E-state index contributed by atoms with van der Waals surface area (Å²) < 4.78 is 36.9. The molecule has 3 aromatic rings. The van der Waals surface area contributed by atoms with Gasteiger partial charge in [0.05, 0.1) is 11.5 Å². The van der Waals surface area contributed by atoms with Gasteiger partial charge in [-0.3, -0.25) is 4.79 Å². The van der Waals surface area contributed by atoms with Crippen molar-refractivity contribution in [2.45, 2.75) is 23.6 Å². The third-order valence-electron chi connectivity index (χ3n) is 4.97. The lowest BCUT2D eigenvalue weighted by molar-refractivity contribution is -0.136. The normalized spacial score (nSPS) is 15.9. The first kappa shape index (κ1) is 23.7. The summed E-state index contributed by atoms with van der Waals surface area (Å²) >= 11 is 13.4. The van der Waals surface area contributed by atoms with E-state index in [1.54, 1.807) is 18.2 Å². The second kappa shape index (κ2) is 9.83. The SMILES string of the molecule is O=C(CSc1ccc(C2=NOC(c3cc(Cl)cc(Cl)c3)C2)c2ccccc12)NCC(F)(F)F. The van der Waals surface area contributed by atoms with Gasteiger partial charge in [0.15, 0.2) is 6.10 Å². The summed E-state index contributed by atoms with van der Waals surface area (Å²) in [6.45, 7) is -1.34. The van der Waals surface area contributed by atoms with Crippen molar-refractivity contribution in [2.75, 3.05) is 12.3 Å². The van der Waals surface area contributed by atoms with Crippen molar-refractivity contribution < 1.29 is 22.8 Å². The first-order valence-corrected chi connectivity index (χ1v) is 11.6. The number of fused-ring (bicyclic) bond motifs is 1. The fourth-order valence-corrected chi connectivity index (χ4v) is 4.95. The Morgan fingerprint density at radius 2 is 1.79 bits per heavy atom. The summed E-state index contributed by atoms with van der Waals surface area (Å²) in [5, 5.41) is 8.98. The molecule has 0 fully saturated rings. The number of amides is 1. The monoisotopic (exact) mass is 512 g/mol. The number of carbonyl (C=O) groups excluding carboxylic acids is 1. The van der Waals surface area contributed by atoms with Gasteiger partial charge in [-0.15, -0.1) is 11.8 Å². The van der Waals surface area contributed by atoms with Crippen LogP contribution in [0.2, 0.25) is 10.0 Å². The second-order valence-electron chi connectivity index (χ2n) is 7.38. The lowest BCUT2D eigenvalue weighted by Crippen LogP contribution is -2.34. The number of rotatable bonds is 6. The number of hydrogen-bond donors (Lipinski definition) is 1. The summed E-state index contributed by atoms with van der Waals surface area (Å²) in [5.41, 5.74) is 2.46. The molecule has 0 bridgehead atoms. The summed E-state index contributed by atoms with van der Waals surface area (Å²) in [7, 11) is 0. The van der Waals surface area contributed by atoms with Crippen LogP contribution in [0.15, 0.2) is 64.6 Å². The van der Waals surface area contributed by atoms with Crippen molar-refractivity contribution in [3.63, 3.8) is 0 Å². The van der Waals surface area contributed by atoms with Gasteiger partial charge in [-0.25, -0.2) is 0 Å². The van der Waals surface area contributed by atoms with Crippen LogP contribution in [0.5, 0.6) is 0 Å². The van der Waals surface area contributed by atoms with E-state index in [0.29, 0.717) is 16.5 Å². The highest BCUT2D eigenvalue weighted by atomic mass is 35.5. The largest absolute Gasteiger partial charge is 0.405 e. The van der Waals surface area contributed by atoms with Crippen LogP contribution in [0.4, 0.5) is 13.2 Å². The number of benzene rings is 3. The van der Waals surface area contributed by atoms with Crippen LogP contribution >= 0.6 is 35.0 Å². The molecule has 1 heterocycles. The van der Waals surface area contributed by atoms with E-state index >= 15 is 0 Å². The minimum absolute atomic E-state index is 0.124. The third kappa shape index (κ3) is 5.93. The van der Waals surface area contributed by atoms with Crippen LogP contribution in [0.3, 0.4) is 0 Å². The molecule has 0 saturated carbocycles. The standard InChI is InChI=1S/C23H17Cl2F3N2O2S/c24-14-7-13(8-15(25)9-14)20-10-19(30-32-20)17-5-6-21(18-4-2-1-3-16(17)18)33-11-22(31)29-12-23(26,27)28/h1-9,20H,10-12H2,(H,29,31). The Hall–Kier alpha value is -2.42. The molecule has 4 rings (SSSR count). The molecule has 1 aliphatic heterocycles. The van der Waals surface area contributed by atoms with Crippen LogP contribution in [0, 0.1) is 0 Å². The molecule has 10 heteroatoms. The van der Waals surface area contributed by atoms with Crippen molar-refractivity contribution in [3.05, 3.63) is 75.8 Å². The summed E-state index contributed by atoms with van der Waals surface area (Å²) in [6, 6.07) is 16.5. The predicted octanol–water partition coefficient (Wildman–Crippen LogP) is 6.78. The van der Waals surface area contributed by atoms with Crippen LogP contribution in [0.1, 0.15) is 23.7 Å². The Morgan fingerprint density at radius 1 is 1.09 bits per heavy atom. The van der Waals surface area contributed by atoms with E-state index in [1.165, 1.54) is 11.8 Å². The Labute approximate surface area is 202 Å².